The van der Waals surface area contributed by atoms with E-state index in [2.05, 4.69) is 17.3 Å². The summed E-state index contributed by atoms with van der Waals surface area (Å²) in [7, 11) is 2.12. The Morgan fingerprint density at radius 1 is 1.16 bits per heavy atom. The minimum absolute atomic E-state index is 0.330. The third-order valence-corrected chi connectivity index (χ3v) is 2.63. The Kier molecular flexibility index (Phi) is 9.61. The van der Waals surface area contributed by atoms with Crippen molar-refractivity contribution in [3.63, 3.8) is 0 Å². The normalized spacial score (nSPS) is 11.7. The Labute approximate surface area is 117 Å². The zero-order valence-electron chi connectivity index (χ0n) is 13.0. The standard InChI is InChI=1S/C14H31N3O2/c1-14(2,3)19-13(18)16-10-6-8-12-17(4)11-7-5-9-15/h5-12,15H2,1-4H3,(H,16,18). The number of nitrogens with two attached hydrogens (primary N) is 1. The minimum atomic E-state index is -0.423. The van der Waals surface area contributed by atoms with Crippen molar-refractivity contribution < 1.29 is 9.53 Å². The van der Waals surface area contributed by atoms with E-state index in [1.54, 1.807) is 0 Å². The van der Waals surface area contributed by atoms with Crippen LogP contribution in [0.3, 0.4) is 0 Å². The fourth-order valence-corrected chi connectivity index (χ4v) is 1.65. The molecule has 5 heteroatoms. The smallest absolute Gasteiger partial charge is 0.407 e. The van der Waals surface area contributed by atoms with Crippen molar-refractivity contribution in [3.05, 3.63) is 0 Å². The van der Waals surface area contributed by atoms with Gasteiger partial charge in [-0.05, 0) is 73.1 Å². The van der Waals surface area contributed by atoms with Crippen LogP contribution >= 0.6 is 0 Å². The molecule has 0 bridgehead atoms. The molecule has 0 heterocycles. The average molecular weight is 273 g/mol. The van der Waals surface area contributed by atoms with Crippen LogP contribution in [0, 0.1) is 0 Å². The van der Waals surface area contributed by atoms with Crippen LogP contribution in [0.1, 0.15) is 46.5 Å². The van der Waals surface area contributed by atoms with E-state index < -0.39 is 5.60 Å². The molecule has 1 amide bonds. The van der Waals surface area contributed by atoms with Crippen LogP contribution < -0.4 is 11.1 Å². The van der Waals surface area contributed by atoms with Gasteiger partial charge in [-0.1, -0.05) is 0 Å². The van der Waals surface area contributed by atoms with Crippen molar-refractivity contribution in [1.29, 1.82) is 0 Å². The molecule has 0 saturated carbocycles. The average Bonchev–Trinajstić information content (AvgIpc) is 2.26. The highest BCUT2D eigenvalue weighted by molar-refractivity contribution is 5.67. The van der Waals surface area contributed by atoms with Crippen LogP contribution in [0.5, 0.6) is 0 Å². The predicted octanol–water partition coefficient (Wildman–Crippen LogP) is 1.96. The first-order chi connectivity index (χ1) is 8.85. The van der Waals surface area contributed by atoms with Gasteiger partial charge in [-0.3, -0.25) is 0 Å². The molecule has 0 aromatic carbocycles. The second-order valence-corrected chi connectivity index (χ2v) is 5.93. The maximum atomic E-state index is 11.4. The SMILES string of the molecule is CN(CCCCN)CCCCNC(=O)OC(C)(C)C. The first kappa shape index (κ1) is 18.2. The lowest BCUT2D eigenvalue weighted by molar-refractivity contribution is 0.0526. The van der Waals surface area contributed by atoms with Crippen molar-refractivity contribution >= 4 is 6.09 Å². The van der Waals surface area contributed by atoms with E-state index in [9.17, 15) is 4.79 Å². The van der Waals surface area contributed by atoms with Gasteiger partial charge in [-0.2, -0.15) is 0 Å². The van der Waals surface area contributed by atoms with E-state index in [1.807, 2.05) is 20.8 Å². The summed E-state index contributed by atoms with van der Waals surface area (Å²) in [5.74, 6) is 0. The Bertz CT molecular complexity index is 239. The fourth-order valence-electron chi connectivity index (χ4n) is 1.65. The van der Waals surface area contributed by atoms with Crippen LogP contribution in [-0.2, 0) is 4.74 Å². The molecule has 0 radical (unpaired) electrons. The maximum absolute atomic E-state index is 11.4. The van der Waals surface area contributed by atoms with Crippen LogP contribution in [-0.4, -0.2) is 49.8 Å². The van der Waals surface area contributed by atoms with Gasteiger partial charge in [0.2, 0.25) is 0 Å². The number of carbonyl (C=O) groups is 1. The number of unbranched alkanes of at least 4 members (excludes halogenated alkanes) is 2. The van der Waals surface area contributed by atoms with Crippen molar-refractivity contribution in [2.24, 2.45) is 5.73 Å². The molecule has 0 saturated heterocycles. The molecule has 114 valence electrons. The van der Waals surface area contributed by atoms with Gasteiger partial charge in [0.05, 0.1) is 0 Å². The maximum Gasteiger partial charge on any atom is 0.407 e. The first-order valence-corrected chi connectivity index (χ1v) is 7.20. The highest BCUT2D eigenvalue weighted by Gasteiger charge is 2.15. The lowest BCUT2D eigenvalue weighted by Gasteiger charge is -2.20. The number of amides is 1. The predicted molar refractivity (Wildman–Crippen MR) is 79.3 cm³/mol. The van der Waals surface area contributed by atoms with Gasteiger partial charge in [0.1, 0.15) is 5.60 Å². The lowest BCUT2D eigenvalue weighted by atomic mass is 10.2. The molecular weight excluding hydrogens is 242 g/mol. The summed E-state index contributed by atoms with van der Waals surface area (Å²) in [5, 5.41) is 2.77. The van der Waals surface area contributed by atoms with Crippen molar-refractivity contribution in [2.45, 2.75) is 52.1 Å². The van der Waals surface area contributed by atoms with E-state index in [4.69, 9.17) is 10.5 Å². The Balaban J connectivity index is 3.42. The first-order valence-electron chi connectivity index (χ1n) is 7.20. The number of rotatable bonds is 9. The van der Waals surface area contributed by atoms with Gasteiger partial charge in [0.25, 0.3) is 0 Å². The number of hydrogen-bond acceptors (Lipinski definition) is 4. The summed E-state index contributed by atoms with van der Waals surface area (Å²) in [5.41, 5.74) is 5.03. The van der Waals surface area contributed by atoms with Crippen LogP contribution in [0.2, 0.25) is 0 Å². The summed E-state index contributed by atoms with van der Waals surface area (Å²) in [6, 6.07) is 0. The van der Waals surface area contributed by atoms with Crippen molar-refractivity contribution in [2.75, 3.05) is 33.2 Å². The molecule has 0 aliphatic carbocycles. The Morgan fingerprint density at radius 2 is 1.74 bits per heavy atom. The number of hydrogen-bond donors (Lipinski definition) is 2. The highest BCUT2D eigenvalue weighted by Crippen LogP contribution is 2.06. The van der Waals surface area contributed by atoms with E-state index in [1.165, 1.54) is 0 Å². The summed E-state index contributed by atoms with van der Waals surface area (Å²) in [6.07, 6.45) is 3.96. The lowest BCUT2D eigenvalue weighted by Crippen LogP contribution is -2.33. The summed E-state index contributed by atoms with van der Waals surface area (Å²) in [4.78, 5) is 13.7. The van der Waals surface area contributed by atoms with Crippen LogP contribution in [0.15, 0.2) is 0 Å². The van der Waals surface area contributed by atoms with Gasteiger partial charge in [0, 0.05) is 6.54 Å². The van der Waals surface area contributed by atoms with E-state index in [-0.39, 0.29) is 6.09 Å². The third kappa shape index (κ3) is 13.4. The molecule has 0 unspecified atom stereocenters. The summed E-state index contributed by atoms with van der Waals surface area (Å²) in [6.45, 7) is 9.19. The monoisotopic (exact) mass is 273 g/mol. The second kappa shape index (κ2) is 10.0. The van der Waals surface area contributed by atoms with E-state index in [0.29, 0.717) is 6.54 Å². The topological polar surface area (TPSA) is 67.6 Å². The fraction of sp³-hybridized carbons (Fsp3) is 0.929. The molecule has 3 N–H and O–H groups in total. The number of alkyl carbamates (subject to hydrolysis) is 1. The van der Waals surface area contributed by atoms with E-state index in [0.717, 1.165) is 45.3 Å². The molecule has 0 aromatic rings. The number of nitrogens with zero attached hydrogens (tertiary/aromatic N) is 1. The van der Waals surface area contributed by atoms with Gasteiger partial charge in [-0.25, -0.2) is 4.79 Å². The quantitative estimate of drug-likeness (QED) is 0.630. The minimum Gasteiger partial charge on any atom is -0.444 e. The van der Waals surface area contributed by atoms with Gasteiger partial charge in [0.15, 0.2) is 0 Å². The molecular formula is C14H31N3O2. The largest absolute Gasteiger partial charge is 0.444 e. The van der Waals surface area contributed by atoms with Gasteiger partial charge < -0.3 is 20.7 Å². The molecule has 5 nitrogen and oxygen atoms in total. The molecule has 0 spiro atoms. The van der Waals surface area contributed by atoms with Gasteiger partial charge >= 0.3 is 6.09 Å². The number of ether oxygens (including phenoxy) is 1. The molecule has 0 aliphatic rings. The molecule has 19 heavy (non-hydrogen) atoms. The molecule has 0 rings (SSSR count). The molecule has 0 fully saturated rings. The van der Waals surface area contributed by atoms with Crippen LogP contribution in [0.25, 0.3) is 0 Å². The number of carbonyl (C=O) groups excluding carboxylic acids is 1. The van der Waals surface area contributed by atoms with Crippen molar-refractivity contribution in [3.8, 4) is 0 Å². The zero-order chi connectivity index (χ0) is 14.7. The number of nitrogens with one attached hydrogen (secondary N) is 1. The molecule has 0 aromatic heterocycles. The molecule has 0 aliphatic heterocycles. The summed E-state index contributed by atoms with van der Waals surface area (Å²) < 4.78 is 5.16. The molecule has 0 atom stereocenters. The Morgan fingerprint density at radius 3 is 2.26 bits per heavy atom. The highest BCUT2D eigenvalue weighted by atomic mass is 16.6. The van der Waals surface area contributed by atoms with E-state index >= 15 is 0 Å². The summed E-state index contributed by atoms with van der Waals surface area (Å²) >= 11 is 0. The van der Waals surface area contributed by atoms with Crippen LogP contribution in [0.4, 0.5) is 4.79 Å². The zero-order valence-corrected chi connectivity index (χ0v) is 13.0. The second-order valence-electron chi connectivity index (χ2n) is 5.93. The third-order valence-electron chi connectivity index (χ3n) is 2.63. The van der Waals surface area contributed by atoms with Gasteiger partial charge in [-0.15, -0.1) is 0 Å². The van der Waals surface area contributed by atoms with Crippen molar-refractivity contribution in [1.82, 2.24) is 10.2 Å². The Hall–Kier alpha value is -0.810.